The molecule has 2 saturated heterocycles. The lowest BCUT2D eigenvalue weighted by atomic mass is 9.87. The molecule has 0 spiro atoms. The van der Waals surface area contributed by atoms with Crippen LogP contribution in [0.25, 0.3) is 0 Å². The molecule has 0 saturated carbocycles. The number of likely N-dealkylation sites (tertiary alicyclic amines) is 1. The molecule has 30 heavy (non-hydrogen) atoms. The van der Waals surface area contributed by atoms with E-state index in [9.17, 15) is 9.59 Å². The Balaban J connectivity index is 1.45. The summed E-state index contributed by atoms with van der Waals surface area (Å²) in [7, 11) is 0. The van der Waals surface area contributed by atoms with Gasteiger partial charge in [0.25, 0.3) is 0 Å². The predicted molar refractivity (Wildman–Crippen MR) is 116 cm³/mol. The van der Waals surface area contributed by atoms with E-state index in [0.717, 1.165) is 45.3 Å². The first-order valence-electron chi connectivity index (χ1n) is 11.2. The number of benzene rings is 1. The van der Waals surface area contributed by atoms with Crippen molar-refractivity contribution in [1.82, 2.24) is 9.80 Å². The molecule has 2 heterocycles. The van der Waals surface area contributed by atoms with Gasteiger partial charge in [-0.3, -0.25) is 0 Å². The van der Waals surface area contributed by atoms with Gasteiger partial charge in [-0.05, 0) is 63.9 Å². The van der Waals surface area contributed by atoms with Crippen LogP contribution in [0.4, 0.5) is 9.59 Å². The Hall–Kier alpha value is -2.24. The largest absolute Gasteiger partial charge is 0.447 e. The van der Waals surface area contributed by atoms with Crippen LogP contribution >= 0.6 is 0 Å². The maximum atomic E-state index is 12.3. The average molecular weight is 417 g/mol. The second-order valence-corrected chi connectivity index (χ2v) is 9.82. The minimum absolute atomic E-state index is 0.108. The van der Waals surface area contributed by atoms with Crippen molar-refractivity contribution in [3.05, 3.63) is 35.9 Å². The maximum absolute atomic E-state index is 12.3. The predicted octanol–water partition coefficient (Wildman–Crippen LogP) is 4.72. The summed E-state index contributed by atoms with van der Waals surface area (Å²) >= 11 is 0. The SMILES string of the molecule is CC(CC1CCN(C(=O)OC(C)(C)C)CC1)CN1C(=O)OCC1Cc1ccccc1. The van der Waals surface area contributed by atoms with Gasteiger partial charge in [-0.25, -0.2) is 9.59 Å². The van der Waals surface area contributed by atoms with E-state index in [1.165, 1.54) is 5.56 Å². The van der Waals surface area contributed by atoms with E-state index in [1.54, 1.807) is 0 Å². The molecule has 2 unspecified atom stereocenters. The van der Waals surface area contributed by atoms with Crippen LogP contribution in [0.2, 0.25) is 0 Å². The molecule has 0 aromatic heterocycles. The van der Waals surface area contributed by atoms with Gasteiger partial charge >= 0.3 is 12.2 Å². The van der Waals surface area contributed by atoms with Crippen molar-refractivity contribution in [3.63, 3.8) is 0 Å². The number of piperidine rings is 1. The summed E-state index contributed by atoms with van der Waals surface area (Å²) in [6.45, 7) is 10.6. The number of hydrogen-bond donors (Lipinski definition) is 0. The lowest BCUT2D eigenvalue weighted by Crippen LogP contribution is -2.42. The monoisotopic (exact) mass is 416 g/mol. The van der Waals surface area contributed by atoms with Crippen molar-refractivity contribution in [2.45, 2.75) is 65.0 Å². The standard InChI is InChI=1S/C24H36N2O4/c1-18(14-20-10-12-25(13-11-20)22(27)30-24(2,3)4)16-26-21(17-29-23(26)28)15-19-8-6-5-7-9-19/h5-9,18,20-21H,10-17H2,1-4H3. The smallest absolute Gasteiger partial charge is 0.410 e. The van der Waals surface area contributed by atoms with Gasteiger partial charge in [-0.15, -0.1) is 0 Å². The molecule has 0 radical (unpaired) electrons. The fourth-order valence-corrected chi connectivity index (χ4v) is 4.43. The molecular weight excluding hydrogens is 380 g/mol. The second-order valence-electron chi connectivity index (χ2n) is 9.82. The fraction of sp³-hybridized carbons (Fsp3) is 0.667. The highest BCUT2D eigenvalue weighted by Crippen LogP contribution is 2.27. The van der Waals surface area contributed by atoms with Crippen LogP contribution in [0.1, 0.15) is 52.5 Å². The van der Waals surface area contributed by atoms with Crippen LogP contribution in [-0.2, 0) is 15.9 Å². The van der Waals surface area contributed by atoms with Crippen molar-refractivity contribution >= 4 is 12.2 Å². The van der Waals surface area contributed by atoms with Gasteiger partial charge in [0, 0.05) is 19.6 Å². The van der Waals surface area contributed by atoms with Gasteiger partial charge in [0.2, 0.25) is 0 Å². The lowest BCUT2D eigenvalue weighted by molar-refractivity contribution is 0.0174. The molecule has 2 amide bonds. The van der Waals surface area contributed by atoms with Crippen molar-refractivity contribution in [3.8, 4) is 0 Å². The summed E-state index contributed by atoms with van der Waals surface area (Å²) in [6, 6.07) is 10.4. The molecule has 3 rings (SSSR count). The Morgan fingerprint density at radius 2 is 1.87 bits per heavy atom. The van der Waals surface area contributed by atoms with Crippen molar-refractivity contribution in [1.29, 1.82) is 0 Å². The molecule has 6 nitrogen and oxygen atoms in total. The van der Waals surface area contributed by atoms with Crippen LogP contribution in [0.15, 0.2) is 30.3 Å². The number of hydrogen-bond acceptors (Lipinski definition) is 4. The molecule has 1 aromatic carbocycles. The maximum Gasteiger partial charge on any atom is 0.410 e. The quantitative estimate of drug-likeness (QED) is 0.673. The molecule has 1 aromatic rings. The van der Waals surface area contributed by atoms with E-state index in [1.807, 2.05) is 48.8 Å². The molecule has 2 atom stereocenters. The molecule has 0 N–H and O–H groups in total. The third-order valence-corrected chi connectivity index (χ3v) is 5.90. The van der Waals surface area contributed by atoms with Crippen molar-refractivity contribution in [2.24, 2.45) is 11.8 Å². The molecular formula is C24H36N2O4. The van der Waals surface area contributed by atoms with E-state index >= 15 is 0 Å². The Morgan fingerprint density at radius 3 is 2.50 bits per heavy atom. The van der Waals surface area contributed by atoms with Crippen LogP contribution < -0.4 is 0 Å². The topological polar surface area (TPSA) is 59.1 Å². The first-order chi connectivity index (χ1) is 14.2. The average Bonchev–Trinajstić information content (AvgIpc) is 3.01. The Bertz CT molecular complexity index is 708. The summed E-state index contributed by atoms with van der Waals surface area (Å²) < 4.78 is 10.8. The third-order valence-electron chi connectivity index (χ3n) is 5.90. The first-order valence-corrected chi connectivity index (χ1v) is 11.2. The minimum atomic E-state index is -0.455. The molecule has 6 heteroatoms. The van der Waals surface area contributed by atoms with Gasteiger partial charge in [-0.2, -0.15) is 0 Å². The van der Waals surface area contributed by atoms with Crippen molar-refractivity contribution in [2.75, 3.05) is 26.2 Å². The highest BCUT2D eigenvalue weighted by Gasteiger charge is 2.34. The van der Waals surface area contributed by atoms with Gasteiger partial charge in [0.1, 0.15) is 12.2 Å². The van der Waals surface area contributed by atoms with Crippen LogP contribution in [0.3, 0.4) is 0 Å². The molecule has 0 aliphatic carbocycles. The summed E-state index contributed by atoms with van der Waals surface area (Å²) in [6.07, 6.45) is 3.46. The Morgan fingerprint density at radius 1 is 1.20 bits per heavy atom. The van der Waals surface area contributed by atoms with E-state index < -0.39 is 5.60 Å². The Kier molecular flexibility index (Phi) is 7.27. The number of rotatable bonds is 6. The van der Waals surface area contributed by atoms with Crippen LogP contribution in [0, 0.1) is 11.8 Å². The van der Waals surface area contributed by atoms with Crippen molar-refractivity contribution < 1.29 is 19.1 Å². The van der Waals surface area contributed by atoms with Gasteiger partial charge in [0.05, 0.1) is 6.04 Å². The fourth-order valence-electron chi connectivity index (χ4n) is 4.43. The molecule has 166 valence electrons. The zero-order valence-corrected chi connectivity index (χ0v) is 18.8. The van der Waals surface area contributed by atoms with Gasteiger partial charge in [-0.1, -0.05) is 37.3 Å². The zero-order valence-electron chi connectivity index (χ0n) is 18.8. The Labute approximate surface area is 180 Å². The lowest BCUT2D eigenvalue weighted by Gasteiger charge is -2.35. The van der Waals surface area contributed by atoms with E-state index in [-0.39, 0.29) is 18.2 Å². The summed E-state index contributed by atoms with van der Waals surface area (Å²) in [4.78, 5) is 28.3. The highest BCUT2D eigenvalue weighted by atomic mass is 16.6. The van der Waals surface area contributed by atoms with Gasteiger partial charge < -0.3 is 19.3 Å². The van der Waals surface area contributed by atoms with E-state index in [4.69, 9.17) is 9.47 Å². The first kappa shape index (κ1) is 22.4. The normalized spacial score (nSPS) is 21.5. The summed E-state index contributed by atoms with van der Waals surface area (Å²) in [5, 5.41) is 0. The zero-order chi connectivity index (χ0) is 21.7. The molecule has 2 aliphatic rings. The van der Waals surface area contributed by atoms with E-state index in [2.05, 4.69) is 19.1 Å². The van der Waals surface area contributed by atoms with Crippen LogP contribution in [-0.4, -0.2) is 59.9 Å². The van der Waals surface area contributed by atoms with E-state index in [0.29, 0.717) is 18.4 Å². The molecule has 2 aliphatic heterocycles. The number of carbonyl (C=O) groups is 2. The number of ether oxygens (including phenoxy) is 2. The number of nitrogens with zero attached hydrogens (tertiary/aromatic N) is 2. The number of cyclic esters (lactones) is 1. The van der Waals surface area contributed by atoms with Gasteiger partial charge in [0.15, 0.2) is 0 Å². The third kappa shape index (κ3) is 6.38. The summed E-state index contributed by atoms with van der Waals surface area (Å²) in [5.74, 6) is 0.969. The molecule has 2 fully saturated rings. The highest BCUT2D eigenvalue weighted by molar-refractivity contribution is 5.70. The number of amides is 2. The summed E-state index contributed by atoms with van der Waals surface area (Å²) in [5.41, 5.74) is 0.774. The second kappa shape index (κ2) is 9.71. The molecule has 0 bridgehead atoms. The van der Waals surface area contributed by atoms with Crippen LogP contribution in [0.5, 0.6) is 0 Å². The minimum Gasteiger partial charge on any atom is -0.447 e. The number of carbonyl (C=O) groups excluding carboxylic acids is 2.